The number of hydrogen-bond donors (Lipinski definition) is 1. The van der Waals surface area contributed by atoms with Crippen molar-refractivity contribution in [2.75, 3.05) is 13.7 Å². The highest BCUT2D eigenvalue weighted by molar-refractivity contribution is 6.24. The van der Waals surface area contributed by atoms with Crippen LogP contribution in [0.2, 0.25) is 0 Å². The lowest BCUT2D eigenvalue weighted by Gasteiger charge is -2.17. The Balaban J connectivity index is 2.87. The fraction of sp³-hybridized carbons (Fsp3) is 0.643. The number of ketones is 1. The quantitative estimate of drug-likeness (QED) is 0.471. The molecule has 0 spiro atoms. The van der Waals surface area contributed by atoms with Gasteiger partial charge in [0.15, 0.2) is 5.78 Å². The first-order chi connectivity index (χ1) is 9.10. The van der Waals surface area contributed by atoms with Crippen LogP contribution in [0, 0.1) is 0 Å². The van der Waals surface area contributed by atoms with Gasteiger partial charge in [-0.25, -0.2) is 0 Å². The number of Topliss-reactive ketones (excluding diaryl/α,β-unsaturated/α-hetero) is 1. The molecule has 0 saturated heterocycles. The van der Waals surface area contributed by atoms with Crippen molar-refractivity contribution in [3.8, 4) is 0 Å². The molecule has 0 amide bonds. The van der Waals surface area contributed by atoms with E-state index >= 15 is 0 Å². The molecule has 1 aliphatic carbocycles. The molecule has 1 rings (SSSR count). The summed E-state index contributed by atoms with van der Waals surface area (Å²) in [4.78, 5) is 27.3. The Morgan fingerprint density at radius 1 is 1.37 bits per heavy atom. The highest BCUT2D eigenvalue weighted by Crippen LogP contribution is 2.22. The number of aliphatic imine (C=N–C) groups is 1. The van der Waals surface area contributed by atoms with Crippen molar-refractivity contribution in [1.82, 2.24) is 0 Å². The molecule has 0 unspecified atom stereocenters. The van der Waals surface area contributed by atoms with Crippen LogP contribution in [0.5, 0.6) is 0 Å². The van der Waals surface area contributed by atoms with E-state index in [4.69, 9.17) is 0 Å². The number of rotatable bonds is 5. The molecule has 1 aliphatic rings. The summed E-state index contributed by atoms with van der Waals surface area (Å²) in [6.45, 7) is 2.66. The smallest absolute Gasteiger partial charge is 0.305 e. The van der Waals surface area contributed by atoms with Crippen LogP contribution in [0.15, 0.2) is 16.3 Å². The number of ether oxygens (including phenoxy) is 1. The lowest BCUT2D eigenvalue weighted by atomic mass is 9.89. The summed E-state index contributed by atoms with van der Waals surface area (Å²) in [6.07, 6.45) is 3.01. The Morgan fingerprint density at radius 2 is 2.11 bits per heavy atom. The predicted octanol–water partition coefficient (Wildman–Crippen LogP) is 2.36. The minimum absolute atomic E-state index is 0.0371. The van der Waals surface area contributed by atoms with Gasteiger partial charge in [0.1, 0.15) is 5.76 Å². The number of esters is 1. The van der Waals surface area contributed by atoms with Crippen molar-refractivity contribution in [2.45, 2.75) is 45.4 Å². The van der Waals surface area contributed by atoms with E-state index < -0.39 is 5.97 Å². The molecule has 0 atom stereocenters. The third-order valence-corrected chi connectivity index (χ3v) is 2.99. The Kier molecular flexibility index (Phi) is 6.25. The molecule has 1 fully saturated rings. The highest BCUT2D eigenvalue weighted by Gasteiger charge is 2.25. The number of nitrogens with zero attached hydrogens (tertiary/aromatic N) is 1. The number of allylic oxidation sites excluding steroid dienone is 2. The first kappa shape index (κ1) is 15.4. The Bertz CT molecular complexity index is 410. The van der Waals surface area contributed by atoms with Crippen molar-refractivity contribution < 1.29 is 19.4 Å². The van der Waals surface area contributed by atoms with Crippen molar-refractivity contribution in [1.29, 1.82) is 0 Å². The zero-order valence-corrected chi connectivity index (χ0v) is 11.6. The molecule has 1 N–H and O–H groups in total. The monoisotopic (exact) mass is 267 g/mol. The van der Waals surface area contributed by atoms with Gasteiger partial charge in [0.25, 0.3) is 0 Å². The molecule has 0 heterocycles. The van der Waals surface area contributed by atoms with Gasteiger partial charge in [-0.2, -0.15) is 0 Å². The standard InChI is InChI=1S/C14H21NO4/c1-3-9-15-10-5-4-6-11(16)14(10)12(17)7-8-13(18)19-2/h17H,3-9H2,1-2H3. The van der Waals surface area contributed by atoms with Crippen LogP contribution in [0.1, 0.15) is 45.4 Å². The summed E-state index contributed by atoms with van der Waals surface area (Å²) in [7, 11) is 1.30. The molecule has 0 aromatic heterocycles. The van der Waals surface area contributed by atoms with Crippen molar-refractivity contribution in [3.63, 3.8) is 0 Å². The molecule has 0 aliphatic heterocycles. The Labute approximate surface area is 113 Å². The van der Waals surface area contributed by atoms with E-state index in [1.165, 1.54) is 7.11 Å². The van der Waals surface area contributed by atoms with Gasteiger partial charge in [0, 0.05) is 25.1 Å². The SMILES string of the molecule is CCCN=C1CCCC(=O)C1=C(O)CCC(=O)OC. The number of aliphatic hydroxyl groups is 1. The molecule has 106 valence electrons. The average molecular weight is 267 g/mol. The third-order valence-electron chi connectivity index (χ3n) is 2.99. The van der Waals surface area contributed by atoms with Gasteiger partial charge in [-0.05, 0) is 19.3 Å². The van der Waals surface area contributed by atoms with E-state index in [0.717, 1.165) is 12.8 Å². The van der Waals surface area contributed by atoms with E-state index in [9.17, 15) is 14.7 Å². The predicted molar refractivity (Wildman–Crippen MR) is 72.4 cm³/mol. The minimum Gasteiger partial charge on any atom is -0.511 e. The van der Waals surface area contributed by atoms with Crippen molar-refractivity contribution >= 4 is 17.5 Å². The molecular weight excluding hydrogens is 246 g/mol. The largest absolute Gasteiger partial charge is 0.511 e. The van der Waals surface area contributed by atoms with Crippen LogP contribution in [0.25, 0.3) is 0 Å². The summed E-state index contributed by atoms with van der Waals surface area (Å²) in [5.41, 5.74) is 1.00. The number of carbonyl (C=O) groups excluding carboxylic acids is 2. The number of aliphatic hydroxyl groups excluding tert-OH is 1. The fourth-order valence-electron chi connectivity index (χ4n) is 2.01. The van der Waals surface area contributed by atoms with E-state index in [-0.39, 0.29) is 24.4 Å². The number of methoxy groups -OCH3 is 1. The van der Waals surface area contributed by atoms with Gasteiger partial charge in [-0.15, -0.1) is 0 Å². The maximum atomic E-state index is 11.9. The van der Waals surface area contributed by atoms with Gasteiger partial charge >= 0.3 is 5.97 Å². The summed E-state index contributed by atoms with van der Waals surface area (Å²) in [5.74, 6) is -0.518. The molecule has 1 saturated carbocycles. The van der Waals surface area contributed by atoms with Crippen LogP contribution >= 0.6 is 0 Å². The average Bonchev–Trinajstić information content (AvgIpc) is 2.42. The van der Waals surface area contributed by atoms with Gasteiger partial charge in [-0.1, -0.05) is 6.92 Å². The second-order valence-corrected chi connectivity index (χ2v) is 4.50. The lowest BCUT2D eigenvalue weighted by Crippen LogP contribution is -2.22. The van der Waals surface area contributed by atoms with Gasteiger partial charge < -0.3 is 9.84 Å². The zero-order valence-electron chi connectivity index (χ0n) is 11.6. The van der Waals surface area contributed by atoms with Crippen LogP contribution in [-0.4, -0.2) is 36.2 Å². The van der Waals surface area contributed by atoms with Gasteiger partial charge in [0.05, 0.1) is 19.1 Å². The third kappa shape index (κ3) is 4.50. The van der Waals surface area contributed by atoms with Crippen LogP contribution in [0.4, 0.5) is 0 Å². The maximum Gasteiger partial charge on any atom is 0.305 e. The summed E-state index contributed by atoms with van der Waals surface area (Å²) in [6, 6.07) is 0. The second kappa shape index (κ2) is 7.71. The fourth-order valence-corrected chi connectivity index (χ4v) is 2.01. The molecule has 5 heteroatoms. The van der Waals surface area contributed by atoms with Crippen LogP contribution < -0.4 is 0 Å². The van der Waals surface area contributed by atoms with E-state index in [2.05, 4.69) is 9.73 Å². The normalized spacial score (nSPS) is 20.5. The Morgan fingerprint density at radius 3 is 2.74 bits per heavy atom. The first-order valence-corrected chi connectivity index (χ1v) is 6.66. The lowest BCUT2D eigenvalue weighted by molar-refractivity contribution is -0.140. The van der Waals surface area contributed by atoms with Crippen LogP contribution in [0.3, 0.4) is 0 Å². The molecule has 5 nitrogen and oxygen atoms in total. The highest BCUT2D eigenvalue weighted by atomic mass is 16.5. The summed E-state index contributed by atoms with van der Waals surface area (Å²) >= 11 is 0. The first-order valence-electron chi connectivity index (χ1n) is 6.66. The molecular formula is C14H21NO4. The topological polar surface area (TPSA) is 76.0 Å². The van der Waals surface area contributed by atoms with E-state index in [1.807, 2.05) is 6.92 Å². The van der Waals surface area contributed by atoms with E-state index in [1.54, 1.807) is 0 Å². The maximum absolute atomic E-state index is 11.9. The van der Waals surface area contributed by atoms with Crippen molar-refractivity contribution in [3.05, 3.63) is 11.3 Å². The molecule has 0 bridgehead atoms. The second-order valence-electron chi connectivity index (χ2n) is 4.50. The minimum atomic E-state index is -0.401. The number of hydrogen-bond acceptors (Lipinski definition) is 5. The zero-order chi connectivity index (χ0) is 14.3. The van der Waals surface area contributed by atoms with E-state index in [0.29, 0.717) is 30.7 Å². The molecule has 0 aromatic rings. The molecule has 0 radical (unpaired) electrons. The van der Waals surface area contributed by atoms with Gasteiger partial charge in [0.2, 0.25) is 0 Å². The summed E-state index contributed by atoms with van der Waals surface area (Å²) < 4.78 is 4.52. The van der Waals surface area contributed by atoms with Gasteiger partial charge in [-0.3, -0.25) is 14.6 Å². The summed E-state index contributed by atoms with van der Waals surface area (Å²) in [5, 5.41) is 10.0. The Hall–Kier alpha value is -1.65. The van der Waals surface area contributed by atoms with Crippen LogP contribution in [-0.2, 0) is 14.3 Å². The number of carbonyl (C=O) groups is 2. The van der Waals surface area contributed by atoms with Crippen molar-refractivity contribution in [2.24, 2.45) is 4.99 Å². The molecule has 0 aromatic carbocycles. The molecule has 19 heavy (non-hydrogen) atoms.